The van der Waals surface area contributed by atoms with Crippen LogP contribution in [0.1, 0.15) is 27.7 Å². The van der Waals surface area contributed by atoms with Crippen molar-refractivity contribution < 1.29 is 4.39 Å². The minimum atomic E-state index is -2.06. The summed E-state index contributed by atoms with van der Waals surface area (Å²) < 4.78 is 14.6. The van der Waals surface area contributed by atoms with E-state index in [-0.39, 0.29) is 5.82 Å². The van der Waals surface area contributed by atoms with Crippen molar-refractivity contribution in [3.63, 3.8) is 0 Å². The lowest BCUT2D eigenvalue weighted by Crippen LogP contribution is -2.64. The highest BCUT2D eigenvalue weighted by atomic mass is 127. The van der Waals surface area contributed by atoms with E-state index < -0.39 is 8.07 Å². The van der Waals surface area contributed by atoms with E-state index in [0.29, 0.717) is 11.1 Å². The SMILES string of the molecule is CC(C)[Si](c1ccccn1)(c1ccc(F)cc1I)C(C)C. The van der Waals surface area contributed by atoms with E-state index in [4.69, 9.17) is 4.98 Å². The maximum atomic E-state index is 13.5. The zero-order valence-electron chi connectivity index (χ0n) is 12.9. The predicted molar refractivity (Wildman–Crippen MR) is 98.6 cm³/mol. The summed E-state index contributed by atoms with van der Waals surface area (Å²) in [6.45, 7) is 9.11. The van der Waals surface area contributed by atoms with Crippen LogP contribution in [0.25, 0.3) is 0 Å². The van der Waals surface area contributed by atoms with Crippen molar-refractivity contribution in [3.8, 4) is 0 Å². The molecule has 1 aromatic heterocycles. The van der Waals surface area contributed by atoms with Gasteiger partial charge < -0.3 is 0 Å². The van der Waals surface area contributed by atoms with Gasteiger partial charge >= 0.3 is 0 Å². The molecular formula is C17H21FINSi. The number of aromatic nitrogens is 1. The van der Waals surface area contributed by atoms with Gasteiger partial charge in [-0.2, -0.15) is 0 Å². The Kier molecular flexibility index (Phi) is 5.19. The molecule has 4 heteroatoms. The fourth-order valence-electron chi connectivity index (χ4n) is 3.45. The Labute approximate surface area is 141 Å². The van der Waals surface area contributed by atoms with E-state index in [2.05, 4.69) is 62.4 Å². The summed E-state index contributed by atoms with van der Waals surface area (Å²) >= 11 is 2.27. The second-order valence-corrected chi connectivity index (χ2v) is 12.3. The Morgan fingerprint density at radius 2 is 1.71 bits per heavy atom. The quantitative estimate of drug-likeness (QED) is 0.541. The van der Waals surface area contributed by atoms with Crippen LogP contribution in [0.2, 0.25) is 11.1 Å². The van der Waals surface area contributed by atoms with E-state index in [1.807, 2.05) is 18.3 Å². The summed E-state index contributed by atoms with van der Waals surface area (Å²) in [7, 11) is -2.06. The zero-order valence-corrected chi connectivity index (χ0v) is 16.1. The van der Waals surface area contributed by atoms with E-state index in [0.717, 1.165) is 3.57 Å². The van der Waals surface area contributed by atoms with E-state index in [1.165, 1.54) is 10.5 Å². The molecule has 0 fully saturated rings. The summed E-state index contributed by atoms with van der Waals surface area (Å²) in [4.78, 5) is 4.70. The van der Waals surface area contributed by atoms with Crippen LogP contribution >= 0.6 is 22.6 Å². The van der Waals surface area contributed by atoms with Crippen molar-refractivity contribution in [2.24, 2.45) is 0 Å². The Morgan fingerprint density at radius 3 is 2.19 bits per heavy atom. The summed E-state index contributed by atoms with van der Waals surface area (Å²) in [6, 6.07) is 11.4. The number of nitrogens with zero attached hydrogens (tertiary/aromatic N) is 1. The molecule has 0 bridgehead atoms. The molecule has 2 rings (SSSR count). The number of benzene rings is 1. The molecule has 21 heavy (non-hydrogen) atoms. The molecule has 0 radical (unpaired) electrons. The van der Waals surface area contributed by atoms with E-state index in [9.17, 15) is 4.39 Å². The topological polar surface area (TPSA) is 12.9 Å². The van der Waals surface area contributed by atoms with Crippen molar-refractivity contribution in [2.75, 3.05) is 0 Å². The van der Waals surface area contributed by atoms with Crippen LogP contribution in [0.3, 0.4) is 0 Å². The van der Waals surface area contributed by atoms with Crippen LogP contribution in [0, 0.1) is 9.39 Å². The van der Waals surface area contributed by atoms with Crippen LogP contribution in [-0.2, 0) is 0 Å². The molecule has 0 amide bonds. The van der Waals surface area contributed by atoms with Gasteiger partial charge in [0, 0.05) is 15.1 Å². The van der Waals surface area contributed by atoms with Crippen molar-refractivity contribution in [1.82, 2.24) is 4.98 Å². The predicted octanol–water partition coefficient (Wildman–Crippen LogP) is 4.21. The van der Waals surface area contributed by atoms with Crippen LogP contribution < -0.4 is 10.5 Å². The molecule has 0 aliphatic heterocycles. The largest absolute Gasteiger partial charge is 0.266 e. The van der Waals surface area contributed by atoms with Crippen molar-refractivity contribution in [2.45, 2.75) is 38.8 Å². The molecule has 2 aromatic rings. The monoisotopic (exact) mass is 413 g/mol. The molecule has 112 valence electrons. The number of pyridine rings is 1. The van der Waals surface area contributed by atoms with Gasteiger partial charge in [-0.05, 0) is 63.1 Å². The third kappa shape index (κ3) is 2.92. The van der Waals surface area contributed by atoms with Crippen LogP contribution in [0.4, 0.5) is 4.39 Å². The molecule has 0 aliphatic rings. The molecule has 1 heterocycles. The van der Waals surface area contributed by atoms with E-state index in [1.54, 1.807) is 12.1 Å². The van der Waals surface area contributed by atoms with Crippen molar-refractivity contribution >= 4 is 41.2 Å². The Bertz CT molecular complexity index is 605. The standard InChI is InChI=1S/C17H21FINSi/c1-12(2)21(13(3)4,17-7-5-6-10-20-17)16-9-8-14(18)11-15(16)19/h5-13H,1-4H3. The first kappa shape index (κ1) is 16.6. The first-order valence-electron chi connectivity index (χ1n) is 7.27. The normalized spacial score (nSPS) is 12.2. The van der Waals surface area contributed by atoms with Gasteiger partial charge in [-0.15, -0.1) is 0 Å². The zero-order chi connectivity index (χ0) is 15.6. The smallest absolute Gasteiger partial charge is 0.147 e. The average Bonchev–Trinajstić information content (AvgIpc) is 2.42. The summed E-state index contributed by atoms with van der Waals surface area (Å²) in [6.07, 6.45) is 1.87. The first-order valence-corrected chi connectivity index (χ1v) is 10.5. The second kappa shape index (κ2) is 6.56. The Hall–Kier alpha value is -0.753. The minimum Gasteiger partial charge on any atom is -0.266 e. The molecule has 0 saturated heterocycles. The summed E-state index contributed by atoms with van der Waals surface area (Å²) in [5.41, 5.74) is 0.984. The van der Waals surface area contributed by atoms with E-state index >= 15 is 0 Å². The van der Waals surface area contributed by atoms with Gasteiger partial charge in [0.2, 0.25) is 0 Å². The fourth-order valence-corrected chi connectivity index (χ4v) is 10.8. The highest BCUT2D eigenvalue weighted by molar-refractivity contribution is 14.1. The van der Waals surface area contributed by atoms with Crippen LogP contribution in [0.15, 0.2) is 42.6 Å². The number of hydrogen-bond donors (Lipinski definition) is 0. The molecule has 0 N–H and O–H groups in total. The Morgan fingerprint density at radius 1 is 1.05 bits per heavy atom. The van der Waals surface area contributed by atoms with Crippen LogP contribution in [-0.4, -0.2) is 13.1 Å². The maximum Gasteiger partial charge on any atom is 0.147 e. The maximum absolute atomic E-state index is 13.5. The molecule has 1 aromatic carbocycles. The summed E-state index contributed by atoms with van der Waals surface area (Å²) in [5.74, 6) is -0.167. The van der Waals surface area contributed by atoms with Gasteiger partial charge in [0.1, 0.15) is 13.9 Å². The lowest BCUT2D eigenvalue weighted by molar-refractivity contribution is 0.627. The molecule has 1 nitrogen and oxygen atoms in total. The third-order valence-electron chi connectivity index (χ3n) is 4.29. The minimum absolute atomic E-state index is 0.167. The number of halogens is 2. The fraction of sp³-hybridized carbons (Fsp3) is 0.353. The van der Waals surface area contributed by atoms with Crippen LogP contribution in [0.5, 0.6) is 0 Å². The highest BCUT2D eigenvalue weighted by Gasteiger charge is 2.45. The van der Waals surface area contributed by atoms with Gasteiger partial charge in [0.15, 0.2) is 0 Å². The lowest BCUT2D eigenvalue weighted by Gasteiger charge is -2.40. The number of rotatable bonds is 4. The average molecular weight is 413 g/mol. The molecule has 0 unspecified atom stereocenters. The second-order valence-electron chi connectivity index (χ2n) is 6.02. The molecular weight excluding hydrogens is 392 g/mol. The molecule has 0 aliphatic carbocycles. The van der Waals surface area contributed by atoms with Gasteiger partial charge in [-0.1, -0.05) is 39.8 Å². The number of hydrogen-bond acceptors (Lipinski definition) is 1. The first-order chi connectivity index (χ1) is 9.90. The lowest BCUT2D eigenvalue weighted by atomic mass is 10.3. The van der Waals surface area contributed by atoms with Crippen molar-refractivity contribution in [1.29, 1.82) is 0 Å². The molecule has 0 spiro atoms. The van der Waals surface area contributed by atoms with Gasteiger partial charge in [-0.25, -0.2) is 4.39 Å². The van der Waals surface area contributed by atoms with Gasteiger partial charge in [0.05, 0.1) is 0 Å². The third-order valence-corrected chi connectivity index (χ3v) is 11.8. The highest BCUT2D eigenvalue weighted by Crippen LogP contribution is 2.32. The molecule has 0 saturated carbocycles. The van der Waals surface area contributed by atoms with Gasteiger partial charge in [-0.3, -0.25) is 4.98 Å². The van der Waals surface area contributed by atoms with Gasteiger partial charge in [0.25, 0.3) is 0 Å². The molecule has 0 atom stereocenters. The van der Waals surface area contributed by atoms with Crippen molar-refractivity contribution in [3.05, 3.63) is 52.0 Å². The Balaban J connectivity index is 2.77. The summed E-state index contributed by atoms with van der Waals surface area (Å²) in [5, 5.41) is 2.49.